The third kappa shape index (κ3) is 6.49. The van der Waals surface area contributed by atoms with Gasteiger partial charge in [0.1, 0.15) is 17.6 Å². The lowest BCUT2D eigenvalue weighted by molar-refractivity contribution is -0.129. The molecule has 5 rings (SSSR count). The van der Waals surface area contributed by atoms with E-state index in [1.807, 2.05) is 23.2 Å². The SMILES string of the molecule is CC(=O)N1CCN(c2cnc3ccc(N(COCC[Si](C)(C)C)c4nnc(C5CCCC5)s4)nc3c2)CC1. The van der Waals surface area contributed by atoms with E-state index in [1.165, 1.54) is 25.7 Å². The molecule has 204 valence electrons. The van der Waals surface area contributed by atoms with E-state index in [0.29, 0.717) is 12.6 Å². The van der Waals surface area contributed by atoms with Gasteiger partial charge in [0.2, 0.25) is 11.0 Å². The Morgan fingerprint density at radius 2 is 1.87 bits per heavy atom. The Morgan fingerprint density at radius 3 is 2.58 bits per heavy atom. The van der Waals surface area contributed by atoms with Crippen molar-refractivity contribution >= 4 is 53.0 Å². The fourth-order valence-corrected chi connectivity index (χ4v) is 6.78. The van der Waals surface area contributed by atoms with Crippen LogP contribution in [-0.4, -0.2) is 78.6 Å². The maximum absolute atomic E-state index is 11.7. The van der Waals surface area contributed by atoms with Gasteiger partial charge in [0.05, 0.1) is 22.9 Å². The minimum atomic E-state index is -1.19. The topological polar surface area (TPSA) is 87.6 Å². The molecule has 2 aliphatic rings. The first-order valence-electron chi connectivity index (χ1n) is 13.7. The maximum Gasteiger partial charge on any atom is 0.219 e. The van der Waals surface area contributed by atoms with Crippen LogP contribution < -0.4 is 9.80 Å². The molecule has 0 atom stereocenters. The predicted molar refractivity (Wildman–Crippen MR) is 156 cm³/mol. The summed E-state index contributed by atoms with van der Waals surface area (Å²) in [6.45, 7) is 12.9. The zero-order valence-corrected chi connectivity index (χ0v) is 24.8. The lowest BCUT2D eigenvalue weighted by Crippen LogP contribution is -2.48. The molecule has 38 heavy (non-hydrogen) atoms. The number of hydrogen-bond acceptors (Lipinski definition) is 9. The van der Waals surface area contributed by atoms with Crippen molar-refractivity contribution in [2.24, 2.45) is 0 Å². The number of carbonyl (C=O) groups is 1. The quantitative estimate of drug-likeness (QED) is 0.202. The highest BCUT2D eigenvalue weighted by atomic mass is 32.1. The molecule has 0 spiro atoms. The van der Waals surface area contributed by atoms with E-state index < -0.39 is 8.07 Å². The molecule has 3 aromatic heterocycles. The van der Waals surface area contributed by atoms with Crippen molar-refractivity contribution in [3.8, 4) is 0 Å². The van der Waals surface area contributed by atoms with Crippen LogP contribution in [0.4, 0.5) is 16.6 Å². The van der Waals surface area contributed by atoms with E-state index >= 15 is 0 Å². The number of carbonyl (C=O) groups excluding carboxylic acids is 1. The van der Waals surface area contributed by atoms with Crippen LogP contribution in [0, 0.1) is 0 Å². The molecule has 1 aliphatic heterocycles. The third-order valence-electron chi connectivity index (χ3n) is 7.46. The number of nitrogens with zero attached hydrogens (tertiary/aromatic N) is 7. The molecule has 1 aliphatic carbocycles. The smallest absolute Gasteiger partial charge is 0.219 e. The van der Waals surface area contributed by atoms with Gasteiger partial charge in [0.25, 0.3) is 0 Å². The summed E-state index contributed by atoms with van der Waals surface area (Å²) in [6, 6.07) is 7.23. The van der Waals surface area contributed by atoms with Gasteiger partial charge in [-0.1, -0.05) is 43.8 Å². The molecule has 0 aromatic carbocycles. The van der Waals surface area contributed by atoms with E-state index in [-0.39, 0.29) is 5.91 Å². The fraction of sp³-hybridized carbons (Fsp3) is 0.593. The van der Waals surface area contributed by atoms with Gasteiger partial charge in [-0.25, -0.2) is 4.98 Å². The number of ether oxygens (including phenoxy) is 1. The summed E-state index contributed by atoms with van der Waals surface area (Å²) in [5.41, 5.74) is 2.72. The van der Waals surface area contributed by atoms with Gasteiger partial charge in [-0.2, -0.15) is 0 Å². The number of fused-ring (bicyclic) bond motifs is 1. The summed E-state index contributed by atoms with van der Waals surface area (Å²) >= 11 is 1.67. The lowest BCUT2D eigenvalue weighted by Gasteiger charge is -2.35. The highest BCUT2D eigenvalue weighted by molar-refractivity contribution is 7.15. The normalized spacial score (nSPS) is 16.9. The molecule has 1 saturated heterocycles. The number of aromatic nitrogens is 4. The zero-order valence-electron chi connectivity index (χ0n) is 23.0. The van der Waals surface area contributed by atoms with Crippen LogP contribution in [0.1, 0.15) is 43.5 Å². The van der Waals surface area contributed by atoms with Crippen molar-refractivity contribution in [1.29, 1.82) is 0 Å². The molecule has 3 aromatic rings. The standard InChI is InChI=1S/C27H39N7O2SSi/c1-20(35)32-11-13-33(14-12-32)22-17-24-23(28-18-22)9-10-25(29-24)34(19-36-15-16-38(2,3)4)27-31-30-26(37-27)21-7-5-6-8-21/h9-10,17-18,21H,5-8,11-16,19H2,1-4H3. The van der Waals surface area contributed by atoms with Crippen molar-refractivity contribution in [3.05, 3.63) is 29.4 Å². The number of anilines is 3. The van der Waals surface area contributed by atoms with Crippen LogP contribution in [0.25, 0.3) is 11.0 Å². The Kier molecular flexibility index (Phi) is 8.25. The maximum atomic E-state index is 11.7. The Hall–Kier alpha value is -2.63. The summed E-state index contributed by atoms with van der Waals surface area (Å²) in [4.78, 5) is 27.6. The summed E-state index contributed by atoms with van der Waals surface area (Å²) in [7, 11) is -1.19. The number of piperazine rings is 1. The number of hydrogen-bond donors (Lipinski definition) is 0. The van der Waals surface area contributed by atoms with Gasteiger partial charge in [-0.05, 0) is 37.1 Å². The molecule has 0 bridgehead atoms. The number of rotatable bonds is 9. The summed E-state index contributed by atoms with van der Waals surface area (Å²) < 4.78 is 6.18. The van der Waals surface area contributed by atoms with Crippen LogP contribution in [0.3, 0.4) is 0 Å². The Labute approximate surface area is 230 Å². The average Bonchev–Trinajstić information content (AvgIpc) is 3.60. The van der Waals surface area contributed by atoms with E-state index in [4.69, 9.17) is 9.72 Å². The minimum Gasteiger partial charge on any atom is -0.367 e. The second-order valence-electron chi connectivity index (χ2n) is 11.6. The predicted octanol–water partition coefficient (Wildman–Crippen LogP) is 5.26. The molecular weight excluding hydrogens is 514 g/mol. The molecule has 4 heterocycles. The number of amides is 1. The largest absolute Gasteiger partial charge is 0.367 e. The summed E-state index contributed by atoms with van der Waals surface area (Å²) in [5.74, 6) is 1.45. The van der Waals surface area contributed by atoms with Crippen molar-refractivity contribution in [1.82, 2.24) is 25.1 Å². The van der Waals surface area contributed by atoms with Crippen molar-refractivity contribution < 1.29 is 9.53 Å². The summed E-state index contributed by atoms with van der Waals surface area (Å²) in [6.07, 6.45) is 6.85. The summed E-state index contributed by atoms with van der Waals surface area (Å²) in [5, 5.41) is 11.1. The van der Waals surface area contributed by atoms with Crippen LogP contribution in [0.2, 0.25) is 25.7 Å². The number of pyridine rings is 2. The van der Waals surface area contributed by atoms with Crippen LogP contribution in [0.15, 0.2) is 24.4 Å². The molecule has 0 radical (unpaired) electrons. The average molecular weight is 554 g/mol. The van der Waals surface area contributed by atoms with Gasteiger partial charge in [-0.3, -0.25) is 14.7 Å². The zero-order chi connectivity index (χ0) is 26.7. The van der Waals surface area contributed by atoms with E-state index in [9.17, 15) is 4.79 Å². The molecule has 2 fully saturated rings. The lowest BCUT2D eigenvalue weighted by atomic mass is 10.1. The Bertz CT molecular complexity index is 1250. The minimum absolute atomic E-state index is 0.132. The third-order valence-corrected chi connectivity index (χ3v) is 10.3. The van der Waals surface area contributed by atoms with E-state index in [1.54, 1.807) is 18.3 Å². The molecule has 0 unspecified atom stereocenters. The second kappa shape index (κ2) is 11.6. The Morgan fingerprint density at radius 1 is 1.11 bits per heavy atom. The van der Waals surface area contributed by atoms with E-state index in [2.05, 4.69) is 50.7 Å². The van der Waals surface area contributed by atoms with Gasteiger partial charge < -0.3 is 14.5 Å². The van der Waals surface area contributed by atoms with Gasteiger partial charge in [-0.15, -0.1) is 10.2 Å². The Balaban J connectivity index is 1.38. The van der Waals surface area contributed by atoms with Crippen molar-refractivity contribution in [2.45, 2.75) is 64.2 Å². The van der Waals surface area contributed by atoms with Crippen LogP contribution in [0.5, 0.6) is 0 Å². The van der Waals surface area contributed by atoms with Gasteiger partial charge in [0.15, 0.2) is 0 Å². The van der Waals surface area contributed by atoms with Crippen LogP contribution >= 0.6 is 11.3 Å². The second-order valence-corrected chi connectivity index (χ2v) is 18.2. The highest BCUT2D eigenvalue weighted by Gasteiger charge is 2.25. The van der Waals surface area contributed by atoms with Crippen molar-refractivity contribution in [3.63, 3.8) is 0 Å². The monoisotopic (exact) mass is 553 g/mol. The molecular formula is C27H39N7O2SSi. The van der Waals surface area contributed by atoms with E-state index in [0.717, 1.165) is 71.5 Å². The van der Waals surface area contributed by atoms with Gasteiger partial charge in [0, 0.05) is 53.7 Å². The molecule has 9 nitrogen and oxygen atoms in total. The van der Waals surface area contributed by atoms with Gasteiger partial charge >= 0.3 is 0 Å². The molecule has 1 amide bonds. The van der Waals surface area contributed by atoms with Crippen LogP contribution in [-0.2, 0) is 9.53 Å². The molecule has 1 saturated carbocycles. The first-order valence-corrected chi connectivity index (χ1v) is 18.3. The molecule has 0 N–H and O–H groups in total. The van der Waals surface area contributed by atoms with Crippen molar-refractivity contribution in [2.75, 3.05) is 49.3 Å². The first-order chi connectivity index (χ1) is 18.3. The fourth-order valence-electron chi connectivity index (χ4n) is 5.01. The molecule has 11 heteroatoms. The first kappa shape index (κ1) is 27.0. The highest BCUT2D eigenvalue weighted by Crippen LogP contribution is 2.38.